The minimum atomic E-state index is -4.96. The average molecular weight is 630 g/mol. The molecule has 0 aromatic heterocycles. The average Bonchev–Trinajstić information content (AvgIpc) is 2.91. The smallest absolute Gasteiger partial charge is 0.416 e. The highest BCUT2D eigenvalue weighted by molar-refractivity contribution is 6.05. The number of nitrogens with zero attached hydrogens (tertiary/aromatic N) is 1. The molecule has 0 saturated carbocycles. The molecule has 0 aliphatic rings. The van der Waals surface area contributed by atoms with Gasteiger partial charge in [0.2, 0.25) is 5.75 Å². The molecule has 3 aromatic carbocycles. The van der Waals surface area contributed by atoms with Crippen LogP contribution in [0, 0.1) is 10.1 Å². The van der Waals surface area contributed by atoms with E-state index in [-0.39, 0.29) is 23.1 Å². The Morgan fingerprint density at radius 1 is 0.837 bits per heavy atom. The highest BCUT2D eigenvalue weighted by Crippen LogP contribution is 2.41. The lowest BCUT2D eigenvalue weighted by Crippen LogP contribution is -2.34. The van der Waals surface area contributed by atoms with E-state index < -0.39 is 76.1 Å². The van der Waals surface area contributed by atoms with Crippen LogP contribution >= 0.6 is 0 Å². The molecule has 3 aromatic rings. The summed E-state index contributed by atoms with van der Waals surface area (Å²) in [4.78, 5) is 23.0. The van der Waals surface area contributed by atoms with Crippen molar-refractivity contribution in [2.24, 2.45) is 0 Å². The SMILES string of the molecule is COc1cc(C(=O)Nc2cc(C(F)(F)F)ccc2OCC(F)(F)C(F)F)ccc1Oc1ccc(C(F)(F)F)cc1[N+](=O)[O-]. The standard InChI is InChI=1S/C25H16F10N2O6/c1-41-20-8-12(2-5-19(20)43-18-7-4-14(25(33,34)35)10-16(18)37(39)40)21(38)36-15-9-13(24(30,31)32)3-6-17(15)42-11-23(28,29)22(26)27/h2-10,22H,11H2,1H3,(H,36,38). The summed E-state index contributed by atoms with van der Waals surface area (Å²) in [7, 11) is 1.05. The lowest BCUT2D eigenvalue weighted by molar-refractivity contribution is -0.385. The monoisotopic (exact) mass is 630 g/mol. The number of nitrogens with one attached hydrogen (secondary N) is 1. The number of carbonyl (C=O) groups excluding carboxylic acids is 1. The number of nitro groups is 1. The van der Waals surface area contributed by atoms with Crippen LogP contribution in [0.15, 0.2) is 54.6 Å². The van der Waals surface area contributed by atoms with Crippen molar-refractivity contribution >= 4 is 17.3 Å². The number of ether oxygens (including phenoxy) is 3. The largest absolute Gasteiger partial charge is 0.493 e. The fourth-order valence-electron chi connectivity index (χ4n) is 3.30. The Balaban J connectivity index is 1.92. The van der Waals surface area contributed by atoms with Crippen LogP contribution in [-0.4, -0.2) is 36.9 Å². The van der Waals surface area contributed by atoms with Crippen LogP contribution in [0.2, 0.25) is 0 Å². The zero-order valence-electron chi connectivity index (χ0n) is 21.2. The second kappa shape index (κ2) is 12.2. The van der Waals surface area contributed by atoms with Gasteiger partial charge in [-0.2, -0.15) is 35.1 Å². The van der Waals surface area contributed by atoms with Crippen LogP contribution in [0.3, 0.4) is 0 Å². The lowest BCUT2D eigenvalue weighted by Gasteiger charge is -2.19. The number of nitro benzene ring substituents is 1. The third-order valence-electron chi connectivity index (χ3n) is 5.42. The molecule has 3 rings (SSSR count). The van der Waals surface area contributed by atoms with Gasteiger partial charge in [0.25, 0.3) is 5.91 Å². The van der Waals surface area contributed by atoms with E-state index in [4.69, 9.17) is 9.47 Å². The predicted molar refractivity (Wildman–Crippen MR) is 127 cm³/mol. The Morgan fingerprint density at radius 3 is 1.93 bits per heavy atom. The number of rotatable bonds is 10. The molecule has 0 aliphatic heterocycles. The molecule has 1 amide bonds. The maximum Gasteiger partial charge on any atom is 0.416 e. The van der Waals surface area contributed by atoms with Gasteiger partial charge in [0.05, 0.1) is 28.8 Å². The summed E-state index contributed by atoms with van der Waals surface area (Å²) in [5, 5.41) is 13.3. The molecule has 0 aliphatic carbocycles. The van der Waals surface area contributed by atoms with E-state index in [9.17, 15) is 58.8 Å². The third-order valence-corrected chi connectivity index (χ3v) is 5.42. The van der Waals surface area contributed by atoms with Crippen molar-refractivity contribution in [1.82, 2.24) is 0 Å². The summed E-state index contributed by atoms with van der Waals surface area (Å²) in [5.74, 6) is -7.95. The number of carbonyl (C=O) groups is 1. The van der Waals surface area contributed by atoms with Gasteiger partial charge in [-0.05, 0) is 48.5 Å². The number of methoxy groups -OCH3 is 1. The van der Waals surface area contributed by atoms with Crippen LogP contribution in [0.1, 0.15) is 21.5 Å². The molecule has 0 unspecified atom stereocenters. The van der Waals surface area contributed by atoms with Gasteiger partial charge in [0, 0.05) is 11.6 Å². The highest BCUT2D eigenvalue weighted by Gasteiger charge is 2.42. The van der Waals surface area contributed by atoms with Gasteiger partial charge in [-0.3, -0.25) is 14.9 Å². The number of anilines is 1. The number of halogens is 10. The first-order chi connectivity index (χ1) is 19.8. The topological polar surface area (TPSA) is 99.9 Å². The molecule has 0 saturated heterocycles. The summed E-state index contributed by atoms with van der Waals surface area (Å²) in [6.45, 7) is -1.94. The van der Waals surface area contributed by atoms with Gasteiger partial charge in [-0.15, -0.1) is 0 Å². The van der Waals surface area contributed by atoms with Gasteiger partial charge in [-0.1, -0.05) is 0 Å². The Morgan fingerprint density at radius 2 is 1.40 bits per heavy atom. The maximum absolute atomic E-state index is 13.3. The quantitative estimate of drug-likeness (QED) is 0.139. The lowest BCUT2D eigenvalue weighted by atomic mass is 10.1. The normalized spacial score (nSPS) is 12.2. The van der Waals surface area contributed by atoms with Crippen molar-refractivity contribution in [2.45, 2.75) is 24.7 Å². The third kappa shape index (κ3) is 7.95. The van der Waals surface area contributed by atoms with Crippen molar-refractivity contribution in [2.75, 3.05) is 19.0 Å². The van der Waals surface area contributed by atoms with Gasteiger partial charge in [-0.25, -0.2) is 8.78 Å². The maximum atomic E-state index is 13.3. The summed E-state index contributed by atoms with van der Waals surface area (Å²) in [6, 6.07) is 5.57. The number of hydrogen-bond donors (Lipinski definition) is 1. The number of benzene rings is 3. The van der Waals surface area contributed by atoms with E-state index in [1.165, 1.54) is 0 Å². The molecule has 0 spiro atoms. The van der Waals surface area contributed by atoms with E-state index in [1.54, 1.807) is 0 Å². The van der Waals surface area contributed by atoms with Crippen LogP contribution in [-0.2, 0) is 12.4 Å². The minimum Gasteiger partial charge on any atom is -0.493 e. The Hall–Kier alpha value is -4.77. The molecule has 0 heterocycles. The first kappa shape index (κ1) is 32.7. The molecule has 0 bridgehead atoms. The second-order valence-electron chi connectivity index (χ2n) is 8.42. The van der Waals surface area contributed by atoms with E-state index >= 15 is 0 Å². The summed E-state index contributed by atoms with van der Waals surface area (Å²) >= 11 is 0. The van der Waals surface area contributed by atoms with Crippen LogP contribution in [0.4, 0.5) is 55.3 Å². The Bertz CT molecular complexity index is 1510. The molecule has 1 N–H and O–H groups in total. The van der Waals surface area contributed by atoms with Gasteiger partial charge in [0.1, 0.15) is 5.75 Å². The Kier molecular flexibility index (Phi) is 9.31. The van der Waals surface area contributed by atoms with Crippen molar-refractivity contribution in [3.8, 4) is 23.0 Å². The van der Waals surface area contributed by atoms with E-state index in [0.717, 1.165) is 25.3 Å². The van der Waals surface area contributed by atoms with Crippen molar-refractivity contribution in [1.29, 1.82) is 0 Å². The second-order valence-corrected chi connectivity index (χ2v) is 8.42. The summed E-state index contributed by atoms with van der Waals surface area (Å²) in [5.41, 5.74) is -4.93. The zero-order valence-corrected chi connectivity index (χ0v) is 21.2. The fraction of sp³-hybridized carbons (Fsp3) is 0.240. The van der Waals surface area contributed by atoms with Crippen LogP contribution < -0.4 is 19.5 Å². The molecular weight excluding hydrogens is 614 g/mol. The summed E-state index contributed by atoms with van der Waals surface area (Å²) < 4.78 is 145. The molecule has 0 radical (unpaired) electrons. The first-order valence-electron chi connectivity index (χ1n) is 11.4. The van der Waals surface area contributed by atoms with Gasteiger partial charge < -0.3 is 19.5 Å². The van der Waals surface area contributed by atoms with Crippen molar-refractivity contribution in [3.05, 3.63) is 81.4 Å². The number of alkyl halides is 10. The van der Waals surface area contributed by atoms with E-state index in [0.29, 0.717) is 30.3 Å². The van der Waals surface area contributed by atoms with E-state index in [1.807, 2.05) is 5.32 Å². The first-order valence-corrected chi connectivity index (χ1v) is 11.4. The minimum absolute atomic E-state index is 0.232. The molecule has 8 nitrogen and oxygen atoms in total. The number of amides is 1. The van der Waals surface area contributed by atoms with Gasteiger partial charge >= 0.3 is 30.4 Å². The molecule has 0 fully saturated rings. The fourth-order valence-corrected chi connectivity index (χ4v) is 3.30. The zero-order chi connectivity index (χ0) is 32.3. The van der Waals surface area contributed by atoms with Crippen molar-refractivity contribution in [3.63, 3.8) is 0 Å². The van der Waals surface area contributed by atoms with Crippen LogP contribution in [0.5, 0.6) is 23.0 Å². The van der Waals surface area contributed by atoms with Gasteiger partial charge in [0.15, 0.2) is 18.1 Å². The van der Waals surface area contributed by atoms with Crippen molar-refractivity contribution < 1.29 is 67.8 Å². The van der Waals surface area contributed by atoms with E-state index in [2.05, 4.69) is 4.74 Å². The molecular formula is C25H16F10N2O6. The highest BCUT2D eigenvalue weighted by atomic mass is 19.4. The molecule has 0 atom stereocenters. The summed E-state index contributed by atoms with van der Waals surface area (Å²) in [6.07, 6.45) is -14.0. The molecule has 43 heavy (non-hydrogen) atoms. The predicted octanol–water partition coefficient (Wildman–Crippen LogP) is 7.96. The molecule has 232 valence electrons. The number of hydrogen-bond acceptors (Lipinski definition) is 6. The van der Waals surface area contributed by atoms with Crippen LogP contribution in [0.25, 0.3) is 0 Å². The Labute approximate surface area is 233 Å². The molecule has 18 heteroatoms.